The summed E-state index contributed by atoms with van der Waals surface area (Å²) in [5, 5.41) is 34.0. The van der Waals surface area contributed by atoms with Gasteiger partial charge in [-0.05, 0) is 69.1 Å². The maximum Gasteiger partial charge on any atom is 0.303 e. The Labute approximate surface area is 194 Å². The summed E-state index contributed by atoms with van der Waals surface area (Å²) in [5.74, 6) is -2.00. The van der Waals surface area contributed by atoms with Crippen LogP contribution >= 0.6 is 0 Å². The van der Waals surface area contributed by atoms with Gasteiger partial charge in [0.05, 0.1) is 17.9 Å². The second kappa shape index (κ2) is 14.3. The zero-order valence-electron chi connectivity index (χ0n) is 19.4. The highest BCUT2D eigenvalue weighted by atomic mass is 19.1. The van der Waals surface area contributed by atoms with Gasteiger partial charge >= 0.3 is 5.97 Å². The Morgan fingerprint density at radius 3 is 2.48 bits per heavy atom. The van der Waals surface area contributed by atoms with Gasteiger partial charge in [0.25, 0.3) is 0 Å². The van der Waals surface area contributed by atoms with Gasteiger partial charge in [-0.1, -0.05) is 24.4 Å². The molecule has 0 radical (unpaired) electrons. The lowest BCUT2D eigenvalue weighted by Crippen LogP contribution is -2.22. The fourth-order valence-electron chi connectivity index (χ4n) is 4.67. The number of carboxylic acid groups (broad SMARTS) is 1. The average Bonchev–Trinajstić information content (AvgIpc) is 3.05. The lowest BCUT2D eigenvalue weighted by molar-refractivity contribution is -0.137. The van der Waals surface area contributed by atoms with Gasteiger partial charge in [0.15, 0.2) is 0 Å². The predicted molar refractivity (Wildman–Crippen MR) is 122 cm³/mol. The number of carboxylic acids is 1. The summed E-state index contributed by atoms with van der Waals surface area (Å²) >= 11 is 0. The number of rotatable bonds is 15. The molecule has 1 saturated carbocycles. The van der Waals surface area contributed by atoms with Crippen LogP contribution in [-0.2, 0) is 16.1 Å². The number of benzene rings is 1. The number of hydrogen-bond donors (Lipinski definition) is 3. The van der Waals surface area contributed by atoms with Gasteiger partial charge in [0.2, 0.25) is 0 Å². The van der Waals surface area contributed by atoms with Crippen molar-refractivity contribution in [1.29, 1.82) is 0 Å². The van der Waals surface area contributed by atoms with E-state index in [4.69, 9.17) is 9.94 Å². The first-order chi connectivity index (χ1) is 15.8. The van der Waals surface area contributed by atoms with Gasteiger partial charge < -0.3 is 20.2 Å². The molecule has 33 heavy (non-hydrogen) atoms. The highest BCUT2D eigenvalue weighted by molar-refractivity contribution is 5.89. The molecule has 0 bridgehead atoms. The molecule has 4 unspecified atom stereocenters. The van der Waals surface area contributed by atoms with Crippen molar-refractivity contribution in [2.24, 2.45) is 17.0 Å². The number of aliphatic hydroxyl groups excluding tert-OH is 2. The van der Waals surface area contributed by atoms with Crippen molar-refractivity contribution in [3.63, 3.8) is 0 Å². The van der Waals surface area contributed by atoms with E-state index in [1.54, 1.807) is 0 Å². The minimum Gasteiger partial charge on any atom is -0.481 e. The summed E-state index contributed by atoms with van der Waals surface area (Å²) in [6, 6.07) is 3.39. The summed E-state index contributed by atoms with van der Waals surface area (Å²) in [7, 11) is 0. The molecule has 3 N–H and O–H groups in total. The van der Waals surface area contributed by atoms with Gasteiger partial charge in [-0.25, -0.2) is 8.78 Å². The number of aryl methyl sites for hydroxylation is 1. The van der Waals surface area contributed by atoms with Crippen LogP contribution in [0.1, 0.15) is 76.7 Å². The Hall–Kier alpha value is -2.06. The minimum atomic E-state index is -0.779. The van der Waals surface area contributed by atoms with Gasteiger partial charge in [0, 0.05) is 24.8 Å². The largest absolute Gasteiger partial charge is 0.481 e. The highest BCUT2D eigenvalue weighted by Gasteiger charge is 2.39. The molecule has 6 nitrogen and oxygen atoms in total. The molecule has 0 spiro atoms. The minimum absolute atomic E-state index is 0.00633. The maximum absolute atomic E-state index is 13.4. The number of oxime groups is 1. The van der Waals surface area contributed by atoms with E-state index in [1.165, 1.54) is 12.1 Å². The molecule has 0 aliphatic heterocycles. The Balaban J connectivity index is 1.87. The Morgan fingerprint density at radius 1 is 1.12 bits per heavy atom. The number of hydrogen-bond acceptors (Lipinski definition) is 5. The van der Waals surface area contributed by atoms with Crippen LogP contribution in [0.4, 0.5) is 8.78 Å². The predicted octanol–water partition coefficient (Wildman–Crippen LogP) is 4.85. The summed E-state index contributed by atoms with van der Waals surface area (Å²) in [6.07, 6.45) is 5.52. The molecule has 4 atom stereocenters. The molecule has 0 heterocycles. The Bertz CT molecular complexity index is 753. The summed E-state index contributed by atoms with van der Waals surface area (Å²) in [4.78, 5) is 15.9. The Morgan fingerprint density at radius 2 is 1.82 bits per heavy atom. The fraction of sp³-hybridized carbons (Fsp3) is 0.680. The van der Waals surface area contributed by atoms with E-state index in [0.717, 1.165) is 37.5 Å². The van der Waals surface area contributed by atoms with Crippen LogP contribution in [0.15, 0.2) is 23.4 Å². The number of unbranched alkanes of at least 4 members (excludes halogenated alkanes) is 3. The van der Waals surface area contributed by atoms with E-state index in [1.807, 2.05) is 6.92 Å². The molecular weight excluding hydrogens is 432 g/mol. The van der Waals surface area contributed by atoms with Crippen LogP contribution in [0.2, 0.25) is 0 Å². The van der Waals surface area contributed by atoms with E-state index >= 15 is 0 Å². The molecule has 0 aromatic heterocycles. The van der Waals surface area contributed by atoms with E-state index in [0.29, 0.717) is 50.7 Å². The highest BCUT2D eigenvalue weighted by Crippen LogP contribution is 2.37. The number of aliphatic hydroxyl groups is 2. The van der Waals surface area contributed by atoms with Crippen molar-refractivity contribution in [2.45, 2.75) is 89.8 Å². The van der Waals surface area contributed by atoms with Crippen LogP contribution in [0.5, 0.6) is 0 Å². The zero-order chi connectivity index (χ0) is 24.2. The quantitative estimate of drug-likeness (QED) is 0.252. The van der Waals surface area contributed by atoms with E-state index in [9.17, 15) is 23.8 Å². The third kappa shape index (κ3) is 9.76. The van der Waals surface area contributed by atoms with Crippen LogP contribution in [0.25, 0.3) is 0 Å². The van der Waals surface area contributed by atoms with Gasteiger partial charge in [-0.15, -0.1) is 0 Å². The molecule has 186 valence electrons. The average molecular weight is 470 g/mol. The smallest absolute Gasteiger partial charge is 0.303 e. The second-order valence-corrected chi connectivity index (χ2v) is 8.94. The van der Waals surface area contributed by atoms with E-state index < -0.39 is 29.8 Å². The molecule has 8 heteroatoms. The fourth-order valence-corrected chi connectivity index (χ4v) is 4.67. The summed E-state index contributed by atoms with van der Waals surface area (Å²) in [6.45, 7) is 2.28. The van der Waals surface area contributed by atoms with E-state index in [-0.39, 0.29) is 18.3 Å². The van der Waals surface area contributed by atoms with Crippen molar-refractivity contribution >= 4 is 11.7 Å². The molecule has 0 saturated heterocycles. The molecule has 1 fully saturated rings. The molecule has 1 aliphatic rings. The lowest BCUT2D eigenvalue weighted by Gasteiger charge is -2.23. The van der Waals surface area contributed by atoms with Crippen LogP contribution in [-0.4, -0.2) is 45.8 Å². The topological polar surface area (TPSA) is 99.4 Å². The van der Waals surface area contributed by atoms with Crippen LogP contribution in [0, 0.1) is 23.5 Å². The third-order valence-corrected chi connectivity index (χ3v) is 6.35. The molecular formula is C25H37F2NO5. The number of nitrogens with zero attached hydrogens (tertiary/aromatic N) is 1. The van der Waals surface area contributed by atoms with E-state index in [2.05, 4.69) is 5.16 Å². The SMILES string of the molecule is CCO/N=C1/CC(O)C(CCCCCCC(=O)O)C1CCC(O)CCc1cc(F)cc(F)c1. The molecule has 1 aliphatic carbocycles. The monoisotopic (exact) mass is 469 g/mol. The Kier molecular flexibility index (Phi) is 11.7. The molecule has 2 rings (SSSR count). The summed E-state index contributed by atoms with van der Waals surface area (Å²) < 4.78 is 26.7. The van der Waals surface area contributed by atoms with Gasteiger partial charge in [-0.2, -0.15) is 0 Å². The lowest BCUT2D eigenvalue weighted by atomic mass is 9.84. The van der Waals surface area contributed by atoms with Crippen molar-refractivity contribution in [3.8, 4) is 0 Å². The first-order valence-electron chi connectivity index (χ1n) is 12.0. The van der Waals surface area contributed by atoms with Gasteiger partial charge in [-0.3, -0.25) is 4.79 Å². The first kappa shape index (κ1) is 27.2. The molecule has 1 aromatic carbocycles. The molecule has 0 amide bonds. The van der Waals surface area contributed by atoms with Gasteiger partial charge in [0.1, 0.15) is 18.2 Å². The second-order valence-electron chi connectivity index (χ2n) is 8.94. The maximum atomic E-state index is 13.4. The number of halogens is 2. The van der Waals surface area contributed by atoms with Crippen LogP contribution in [0.3, 0.4) is 0 Å². The third-order valence-electron chi connectivity index (χ3n) is 6.35. The normalized spacial score (nSPS) is 22.6. The summed E-state index contributed by atoms with van der Waals surface area (Å²) in [5.41, 5.74) is 1.34. The van der Waals surface area contributed by atoms with Crippen molar-refractivity contribution in [1.82, 2.24) is 0 Å². The van der Waals surface area contributed by atoms with Crippen molar-refractivity contribution < 1.29 is 33.7 Å². The standard InChI is InChI=1S/C25H37F2NO5/c1-2-33-28-23-16-24(30)22(7-5-3-4-6-8-25(31)32)21(23)12-11-20(29)10-9-17-13-18(26)15-19(27)14-17/h13-15,20-22,24,29-30H,2-12,16H2,1H3,(H,31,32)/b28-23-. The van der Waals surface area contributed by atoms with Crippen molar-refractivity contribution in [3.05, 3.63) is 35.4 Å². The first-order valence-corrected chi connectivity index (χ1v) is 12.0. The zero-order valence-corrected chi connectivity index (χ0v) is 19.4. The number of carbonyl (C=O) groups is 1. The molecule has 1 aromatic rings. The van der Waals surface area contributed by atoms with Crippen molar-refractivity contribution in [2.75, 3.05) is 6.61 Å². The number of aliphatic carboxylic acids is 1. The van der Waals surface area contributed by atoms with Crippen LogP contribution < -0.4 is 0 Å².